The van der Waals surface area contributed by atoms with E-state index in [9.17, 15) is 4.79 Å². The maximum Gasteiger partial charge on any atom is 0.255 e. The molecule has 0 aliphatic heterocycles. The van der Waals surface area contributed by atoms with Gasteiger partial charge in [0.2, 0.25) is 0 Å². The van der Waals surface area contributed by atoms with E-state index in [1.54, 1.807) is 12.1 Å². The second kappa shape index (κ2) is 11.5. The number of hydrogen-bond donors (Lipinski definition) is 1. The Balaban J connectivity index is 1.25. The predicted octanol–water partition coefficient (Wildman–Crippen LogP) is 6.18. The number of anilines is 1. The lowest BCUT2D eigenvalue weighted by molar-refractivity contribution is 0.102. The molecule has 33 heavy (non-hydrogen) atoms. The van der Waals surface area contributed by atoms with Crippen LogP contribution in [0.5, 0.6) is 11.5 Å². The quantitative estimate of drug-likeness (QED) is 0.322. The van der Waals surface area contributed by atoms with Gasteiger partial charge in [0.1, 0.15) is 11.5 Å². The lowest BCUT2D eigenvalue weighted by Crippen LogP contribution is -2.12. The number of hydrogen-bond acceptors (Lipinski definition) is 3. The summed E-state index contributed by atoms with van der Waals surface area (Å²) in [6.45, 7) is 1.17. The van der Waals surface area contributed by atoms with E-state index < -0.39 is 0 Å². The van der Waals surface area contributed by atoms with Crippen LogP contribution in [0.3, 0.4) is 0 Å². The Labute approximate surface area is 194 Å². The van der Waals surface area contributed by atoms with Gasteiger partial charge in [0.05, 0.1) is 13.2 Å². The maximum absolute atomic E-state index is 12.6. The summed E-state index contributed by atoms with van der Waals surface area (Å²) < 4.78 is 11.7. The molecule has 0 atom stereocenters. The van der Waals surface area contributed by atoms with Gasteiger partial charge in [0.25, 0.3) is 5.91 Å². The SMILES string of the molecule is O=C(Nc1cccc(OCCc2ccccc2)c1)c1ccc(OCCc2ccccc2)cc1. The minimum absolute atomic E-state index is 0.174. The minimum Gasteiger partial charge on any atom is -0.493 e. The van der Waals surface area contributed by atoms with Crippen LogP contribution in [-0.2, 0) is 12.8 Å². The molecule has 0 saturated carbocycles. The molecular formula is C29H27NO3. The van der Waals surface area contributed by atoms with Crippen molar-refractivity contribution in [1.82, 2.24) is 0 Å². The summed E-state index contributed by atoms with van der Waals surface area (Å²) >= 11 is 0. The average Bonchev–Trinajstić information content (AvgIpc) is 2.86. The highest BCUT2D eigenvalue weighted by molar-refractivity contribution is 6.04. The van der Waals surface area contributed by atoms with E-state index in [1.165, 1.54) is 11.1 Å². The number of carbonyl (C=O) groups excluding carboxylic acids is 1. The largest absolute Gasteiger partial charge is 0.493 e. The van der Waals surface area contributed by atoms with Crippen LogP contribution in [0.2, 0.25) is 0 Å². The fourth-order valence-corrected chi connectivity index (χ4v) is 3.43. The van der Waals surface area contributed by atoms with Crippen LogP contribution in [0, 0.1) is 0 Å². The van der Waals surface area contributed by atoms with Crippen molar-refractivity contribution in [3.8, 4) is 11.5 Å². The van der Waals surface area contributed by atoms with Crippen molar-refractivity contribution in [3.05, 3.63) is 126 Å². The van der Waals surface area contributed by atoms with Crippen LogP contribution >= 0.6 is 0 Å². The molecule has 0 fully saturated rings. The third-order valence-electron chi connectivity index (χ3n) is 5.21. The smallest absolute Gasteiger partial charge is 0.255 e. The lowest BCUT2D eigenvalue weighted by atomic mass is 10.1. The van der Waals surface area contributed by atoms with Gasteiger partial charge in [-0.1, -0.05) is 66.7 Å². The fraction of sp³-hybridized carbons (Fsp3) is 0.138. The van der Waals surface area contributed by atoms with Crippen LogP contribution < -0.4 is 14.8 Å². The highest BCUT2D eigenvalue weighted by Gasteiger charge is 2.07. The first kappa shape index (κ1) is 22.2. The summed E-state index contributed by atoms with van der Waals surface area (Å²) in [6, 6.07) is 35.1. The van der Waals surface area contributed by atoms with E-state index >= 15 is 0 Å². The first-order chi connectivity index (χ1) is 16.3. The highest BCUT2D eigenvalue weighted by Crippen LogP contribution is 2.19. The number of amides is 1. The molecule has 1 amide bonds. The molecule has 0 saturated heterocycles. The summed E-state index contributed by atoms with van der Waals surface area (Å²) in [7, 11) is 0. The normalized spacial score (nSPS) is 10.4. The van der Waals surface area contributed by atoms with Gasteiger partial charge in [-0.3, -0.25) is 4.79 Å². The lowest BCUT2D eigenvalue weighted by Gasteiger charge is -2.10. The summed E-state index contributed by atoms with van der Waals surface area (Å²) in [5, 5.41) is 2.93. The Hall–Kier alpha value is -4.05. The Morgan fingerprint density at radius 1 is 0.606 bits per heavy atom. The number of ether oxygens (including phenoxy) is 2. The zero-order valence-corrected chi connectivity index (χ0v) is 18.4. The molecule has 0 aliphatic carbocycles. The van der Waals surface area contributed by atoms with E-state index in [4.69, 9.17) is 9.47 Å². The van der Waals surface area contributed by atoms with Crippen molar-refractivity contribution < 1.29 is 14.3 Å². The molecule has 0 aromatic heterocycles. The fourth-order valence-electron chi connectivity index (χ4n) is 3.43. The van der Waals surface area contributed by atoms with Gasteiger partial charge in [-0.25, -0.2) is 0 Å². The van der Waals surface area contributed by atoms with Crippen molar-refractivity contribution in [2.45, 2.75) is 12.8 Å². The second-order valence-electron chi connectivity index (χ2n) is 7.67. The second-order valence-corrected chi connectivity index (χ2v) is 7.67. The molecule has 0 aliphatic rings. The molecule has 4 rings (SSSR count). The van der Waals surface area contributed by atoms with Crippen molar-refractivity contribution in [1.29, 1.82) is 0 Å². The van der Waals surface area contributed by atoms with E-state index in [1.807, 2.05) is 72.8 Å². The molecule has 0 radical (unpaired) electrons. The predicted molar refractivity (Wildman–Crippen MR) is 132 cm³/mol. The van der Waals surface area contributed by atoms with Gasteiger partial charge < -0.3 is 14.8 Å². The van der Waals surface area contributed by atoms with Crippen LogP contribution in [0.4, 0.5) is 5.69 Å². The van der Waals surface area contributed by atoms with Crippen molar-refractivity contribution >= 4 is 11.6 Å². The van der Waals surface area contributed by atoms with Crippen molar-refractivity contribution in [3.63, 3.8) is 0 Å². The Morgan fingerprint density at radius 2 is 1.18 bits per heavy atom. The topological polar surface area (TPSA) is 47.6 Å². The minimum atomic E-state index is -0.174. The monoisotopic (exact) mass is 437 g/mol. The Kier molecular flexibility index (Phi) is 7.74. The molecule has 166 valence electrons. The maximum atomic E-state index is 12.6. The van der Waals surface area contributed by atoms with Gasteiger partial charge in [0.15, 0.2) is 0 Å². The molecule has 0 spiro atoms. The summed E-state index contributed by atoms with van der Waals surface area (Å²) in [5.41, 5.74) is 3.73. The van der Waals surface area contributed by atoms with Crippen LogP contribution in [0.25, 0.3) is 0 Å². The van der Waals surface area contributed by atoms with Crippen LogP contribution in [0.1, 0.15) is 21.5 Å². The third kappa shape index (κ3) is 6.97. The summed E-state index contributed by atoms with van der Waals surface area (Å²) in [5.74, 6) is 1.30. The number of carbonyl (C=O) groups is 1. The molecule has 4 heteroatoms. The van der Waals surface area contributed by atoms with Crippen LogP contribution in [-0.4, -0.2) is 19.1 Å². The molecule has 4 aromatic carbocycles. The number of rotatable bonds is 10. The van der Waals surface area contributed by atoms with Crippen molar-refractivity contribution in [2.24, 2.45) is 0 Å². The van der Waals surface area contributed by atoms with Gasteiger partial charge in [-0.15, -0.1) is 0 Å². The zero-order valence-electron chi connectivity index (χ0n) is 18.4. The van der Waals surface area contributed by atoms with Crippen LogP contribution in [0.15, 0.2) is 109 Å². The van der Waals surface area contributed by atoms with E-state index in [-0.39, 0.29) is 5.91 Å². The summed E-state index contributed by atoms with van der Waals surface area (Å²) in [6.07, 6.45) is 1.67. The van der Waals surface area contributed by atoms with E-state index in [2.05, 4.69) is 29.6 Å². The van der Waals surface area contributed by atoms with Gasteiger partial charge in [-0.05, 0) is 47.5 Å². The standard InChI is InChI=1S/C29H27NO3/c31-29(25-14-16-27(17-15-25)32-20-18-23-8-3-1-4-9-23)30-26-12-7-13-28(22-26)33-21-19-24-10-5-2-6-11-24/h1-17,22H,18-21H2,(H,30,31). The molecule has 4 aromatic rings. The summed E-state index contributed by atoms with van der Waals surface area (Å²) in [4.78, 5) is 12.6. The molecule has 0 unspecified atom stereocenters. The number of benzene rings is 4. The van der Waals surface area contributed by atoms with Gasteiger partial charge >= 0.3 is 0 Å². The van der Waals surface area contributed by atoms with Gasteiger partial charge in [-0.2, -0.15) is 0 Å². The van der Waals surface area contributed by atoms with E-state index in [0.29, 0.717) is 24.5 Å². The molecular weight excluding hydrogens is 410 g/mol. The zero-order chi connectivity index (χ0) is 22.7. The molecule has 1 N–H and O–H groups in total. The Morgan fingerprint density at radius 3 is 1.79 bits per heavy atom. The molecule has 0 heterocycles. The van der Waals surface area contributed by atoms with Gasteiger partial charge in [0, 0.05) is 30.2 Å². The molecule has 0 bridgehead atoms. The first-order valence-corrected chi connectivity index (χ1v) is 11.1. The Bertz CT molecular complexity index is 1140. The third-order valence-corrected chi connectivity index (χ3v) is 5.21. The average molecular weight is 438 g/mol. The number of nitrogens with one attached hydrogen (secondary N) is 1. The van der Waals surface area contributed by atoms with Crippen molar-refractivity contribution in [2.75, 3.05) is 18.5 Å². The first-order valence-electron chi connectivity index (χ1n) is 11.1. The molecule has 4 nitrogen and oxygen atoms in total. The van der Waals surface area contributed by atoms with E-state index in [0.717, 1.165) is 24.3 Å². The highest BCUT2D eigenvalue weighted by atomic mass is 16.5.